The monoisotopic (exact) mass is 242 g/mol. The fourth-order valence-electron chi connectivity index (χ4n) is 2.25. The molecule has 2 atom stereocenters. The van der Waals surface area contributed by atoms with Gasteiger partial charge in [0.05, 0.1) is 0 Å². The average molecular weight is 242 g/mol. The van der Waals surface area contributed by atoms with Crippen LogP contribution >= 0.6 is 0 Å². The van der Waals surface area contributed by atoms with E-state index in [0.717, 1.165) is 0 Å². The van der Waals surface area contributed by atoms with E-state index in [1.165, 1.54) is 17.2 Å². The first kappa shape index (κ1) is 12.6. The fraction of sp³-hybridized carbons (Fsp3) is 0.312. The van der Waals surface area contributed by atoms with Crippen LogP contribution in [0.25, 0.3) is 0 Å². The highest BCUT2D eigenvalue weighted by Crippen LogP contribution is 2.51. The van der Waals surface area contributed by atoms with E-state index in [9.17, 15) is 4.79 Å². The highest BCUT2D eigenvalue weighted by atomic mass is 16.5. The molecule has 0 aliphatic heterocycles. The van der Waals surface area contributed by atoms with Crippen molar-refractivity contribution in [3.63, 3.8) is 0 Å². The quantitative estimate of drug-likeness (QED) is 0.449. The molecule has 18 heavy (non-hydrogen) atoms. The van der Waals surface area contributed by atoms with Gasteiger partial charge in [-0.2, -0.15) is 0 Å². The maximum absolute atomic E-state index is 11.1. The first-order valence-corrected chi connectivity index (χ1v) is 6.14. The lowest BCUT2D eigenvalue weighted by atomic mass is 9.91. The second-order valence-electron chi connectivity index (χ2n) is 4.96. The number of ether oxygens (including phenoxy) is 1. The van der Waals surface area contributed by atoms with Crippen LogP contribution in [0.3, 0.4) is 0 Å². The Morgan fingerprint density at radius 2 is 2.11 bits per heavy atom. The van der Waals surface area contributed by atoms with Crippen molar-refractivity contribution in [1.29, 1.82) is 0 Å². The second-order valence-corrected chi connectivity index (χ2v) is 4.96. The molecule has 2 rings (SSSR count). The molecule has 94 valence electrons. The molecule has 0 saturated heterocycles. The SMILES string of the molecule is C=CC(=O)OC[C@]1(C)C=C1[C@@H](C)c1ccccc1. The van der Waals surface area contributed by atoms with Crippen LogP contribution < -0.4 is 0 Å². The van der Waals surface area contributed by atoms with Crippen molar-refractivity contribution in [3.05, 3.63) is 60.2 Å². The molecule has 0 radical (unpaired) electrons. The van der Waals surface area contributed by atoms with Crippen molar-refractivity contribution in [3.8, 4) is 0 Å². The average Bonchev–Trinajstić information content (AvgIpc) is 3.09. The molecule has 1 aliphatic rings. The summed E-state index contributed by atoms with van der Waals surface area (Å²) in [5.74, 6) is 0.0156. The minimum absolute atomic E-state index is 0.0755. The molecule has 0 N–H and O–H groups in total. The van der Waals surface area contributed by atoms with Crippen LogP contribution in [0.2, 0.25) is 0 Å². The summed E-state index contributed by atoms with van der Waals surface area (Å²) in [5, 5.41) is 0. The van der Waals surface area contributed by atoms with Gasteiger partial charge in [-0.3, -0.25) is 0 Å². The topological polar surface area (TPSA) is 26.3 Å². The molecule has 0 bridgehead atoms. The molecular weight excluding hydrogens is 224 g/mol. The molecule has 1 aromatic carbocycles. The third kappa shape index (κ3) is 2.53. The minimum Gasteiger partial charge on any atom is -0.461 e. The van der Waals surface area contributed by atoms with E-state index in [-0.39, 0.29) is 11.4 Å². The van der Waals surface area contributed by atoms with Crippen LogP contribution in [0, 0.1) is 5.41 Å². The normalized spacial score (nSPS) is 22.9. The molecular formula is C16H18O2. The van der Waals surface area contributed by atoms with Gasteiger partial charge in [-0.05, 0) is 12.5 Å². The fourth-order valence-corrected chi connectivity index (χ4v) is 2.25. The molecule has 0 spiro atoms. The van der Waals surface area contributed by atoms with E-state index in [2.05, 4.69) is 38.6 Å². The Morgan fingerprint density at radius 1 is 1.44 bits per heavy atom. The Balaban J connectivity index is 1.95. The maximum Gasteiger partial charge on any atom is 0.330 e. The molecule has 0 amide bonds. The Labute approximate surface area is 108 Å². The summed E-state index contributed by atoms with van der Waals surface area (Å²) in [5.41, 5.74) is 2.56. The highest BCUT2D eigenvalue weighted by Gasteiger charge is 2.43. The van der Waals surface area contributed by atoms with Gasteiger partial charge in [0.1, 0.15) is 6.61 Å². The molecule has 2 nitrogen and oxygen atoms in total. The van der Waals surface area contributed by atoms with Gasteiger partial charge in [0.15, 0.2) is 0 Å². The molecule has 0 saturated carbocycles. The molecule has 2 heteroatoms. The van der Waals surface area contributed by atoms with Gasteiger partial charge in [-0.1, -0.05) is 55.5 Å². The maximum atomic E-state index is 11.1. The van der Waals surface area contributed by atoms with Crippen LogP contribution in [0.4, 0.5) is 0 Å². The molecule has 1 aromatic rings. The van der Waals surface area contributed by atoms with Crippen LogP contribution in [-0.2, 0) is 9.53 Å². The number of esters is 1. The lowest BCUT2D eigenvalue weighted by molar-refractivity contribution is -0.139. The summed E-state index contributed by atoms with van der Waals surface area (Å²) in [6, 6.07) is 10.4. The van der Waals surface area contributed by atoms with Crippen molar-refractivity contribution in [2.75, 3.05) is 6.61 Å². The van der Waals surface area contributed by atoms with E-state index in [1.54, 1.807) is 0 Å². The first-order chi connectivity index (χ1) is 8.57. The van der Waals surface area contributed by atoms with Gasteiger partial charge in [0.2, 0.25) is 0 Å². The summed E-state index contributed by atoms with van der Waals surface area (Å²) in [6.45, 7) is 8.08. The number of benzene rings is 1. The van der Waals surface area contributed by atoms with E-state index in [1.807, 2.05) is 18.2 Å². The largest absolute Gasteiger partial charge is 0.461 e. The summed E-state index contributed by atoms with van der Waals surface area (Å²) in [7, 11) is 0. The Hall–Kier alpha value is -1.83. The predicted octanol–water partition coefficient (Wildman–Crippen LogP) is 3.47. The van der Waals surface area contributed by atoms with Crippen molar-refractivity contribution < 1.29 is 9.53 Å². The predicted molar refractivity (Wildman–Crippen MR) is 72.2 cm³/mol. The Bertz CT molecular complexity index is 487. The van der Waals surface area contributed by atoms with E-state index < -0.39 is 0 Å². The Morgan fingerprint density at radius 3 is 2.72 bits per heavy atom. The zero-order chi connectivity index (χ0) is 13.2. The van der Waals surface area contributed by atoms with Gasteiger partial charge >= 0.3 is 5.97 Å². The smallest absolute Gasteiger partial charge is 0.330 e. The zero-order valence-electron chi connectivity index (χ0n) is 10.8. The summed E-state index contributed by atoms with van der Waals surface area (Å²) in [4.78, 5) is 11.1. The van der Waals surface area contributed by atoms with E-state index >= 15 is 0 Å². The number of hydrogen-bond acceptors (Lipinski definition) is 2. The van der Waals surface area contributed by atoms with Crippen LogP contribution in [-0.4, -0.2) is 12.6 Å². The summed E-state index contributed by atoms with van der Waals surface area (Å²) in [6.07, 6.45) is 3.38. The van der Waals surface area contributed by atoms with Gasteiger partial charge in [0, 0.05) is 17.4 Å². The number of carbonyl (C=O) groups excluding carboxylic acids is 1. The molecule has 0 unspecified atom stereocenters. The minimum atomic E-state index is -0.358. The lowest BCUT2D eigenvalue weighted by Crippen LogP contribution is -2.15. The zero-order valence-corrected chi connectivity index (χ0v) is 10.8. The van der Waals surface area contributed by atoms with Crippen molar-refractivity contribution in [2.45, 2.75) is 19.8 Å². The standard InChI is InChI=1S/C16H18O2/c1-4-15(17)18-11-16(3)10-14(16)12(2)13-8-6-5-7-9-13/h4-10,12H,1,11H2,2-3H3/t12-,16-/m0/s1. The van der Waals surface area contributed by atoms with Crippen LogP contribution in [0.1, 0.15) is 25.3 Å². The van der Waals surface area contributed by atoms with Crippen LogP contribution in [0.5, 0.6) is 0 Å². The van der Waals surface area contributed by atoms with Gasteiger partial charge in [-0.25, -0.2) is 4.79 Å². The molecule has 1 aliphatic carbocycles. The summed E-state index contributed by atoms with van der Waals surface area (Å²) < 4.78 is 5.13. The number of carbonyl (C=O) groups is 1. The van der Waals surface area contributed by atoms with E-state index in [4.69, 9.17) is 4.74 Å². The van der Waals surface area contributed by atoms with Gasteiger partial charge < -0.3 is 4.74 Å². The summed E-state index contributed by atoms with van der Waals surface area (Å²) >= 11 is 0. The van der Waals surface area contributed by atoms with Crippen molar-refractivity contribution in [1.82, 2.24) is 0 Å². The second kappa shape index (κ2) is 4.81. The molecule has 0 aromatic heterocycles. The van der Waals surface area contributed by atoms with Crippen LogP contribution in [0.15, 0.2) is 54.6 Å². The first-order valence-electron chi connectivity index (χ1n) is 6.14. The lowest BCUT2D eigenvalue weighted by Gasteiger charge is -2.17. The van der Waals surface area contributed by atoms with Crippen molar-refractivity contribution >= 4 is 5.97 Å². The third-order valence-corrected chi connectivity index (χ3v) is 3.50. The number of hydrogen-bond donors (Lipinski definition) is 0. The van der Waals surface area contributed by atoms with Crippen molar-refractivity contribution in [2.24, 2.45) is 5.41 Å². The van der Waals surface area contributed by atoms with Gasteiger partial charge in [0.25, 0.3) is 0 Å². The molecule has 0 fully saturated rings. The van der Waals surface area contributed by atoms with Gasteiger partial charge in [-0.15, -0.1) is 0 Å². The molecule has 0 heterocycles. The van der Waals surface area contributed by atoms with E-state index in [0.29, 0.717) is 12.5 Å². The highest BCUT2D eigenvalue weighted by molar-refractivity contribution is 5.81. The third-order valence-electron chi connectivity index (χ3n) is 3.50. The number of rotatable bonds is 5. The Kier molecular flexibility index (Phi) is 3.37.